The van der Waals surface area contributed by atoms with E-state index in [-0.39, 0.29) is 10.8 Å². The predicted octanol–water partition coefficient (Wildman–Crippen LogP) is 12.7. The molecular formula is C50H42N2. The highest BCUT2D eigenvalue weighted by Gasteiger charge is 2.51. The number of benzene rings is 4. The lowest BCUT2D eigenvalue weighted by molar-refractivity contribution is 0.300. The molecule has 0 saturated carbocycles. The summed E-state index contributed by atoms with van der Waals surface area (Å²) in [6.07, 6.45) is 17.9. The van der Waals surface area contributed by atoms with Crippen molar-refractivity contribution in [3.05, 3.63) is 191 Å². The fourth-order valence-electron chi connectivity index (χ4n) is 9.51. The number of fused-ring (bicyclic) bond motifs is 3. The lowest BCUT2D eigenvalue weighted by Crippen LogP contribution is -2.42. The van der Waals surface area contributed by atoms with E-state index in [2.05, 4.69) is 183 Å². The van der Waals surface area contributed by atoms with Gasteiger partial charge in [-0.2, -0.15) is 0 Å². The van der Waals surface area contributed by atoms with Gasteiger partial charge in [0, 0.05) is 45.5 Å². The molecule has 3 atom stereocenters. The van der Waals surface area contributed by atoms with E-state index in [1.807, 2.05) is 12.3 Å². The summed E-state index contributed by atoms with van der Waals surface area (Å²) in [5.41, 5.74) is 17.0. The molecule has 4 aliphatic carbocycles. The van der Waals surface area contributed by atoms with Crippen LogP contribution in [0.15, 0.2) is 180 Å². The highest BCUT2D eigenvalue weighted by Crippen LogP contribution is 2.63. The van der Waals surface area contributed by atoms with E-state index in [4.69, 9.17) is 0 Å². The van der Waals surface area contributed by atoms with Crippen molar-refractivity contribution in [3.63, 3.8) is 0 Å². The van der Waals surface area contributed by atoms with Crippen LogP contribution in [-0.2, 0) is 0 Å². The van der Waals surface area contributed by atoms with E-state index in [9.17, 15) is 0 Å². The Balaban J connectivity index is 1.19. The zero-order valence-corrected chi connectivity index (χ0v) is 30.3. The molecule has 0 saturated heterocycles. The molecule has 0 N–H and O–H groups in total. The van der Waals surface area contributed by atoms with E-state index in [0.717, 1.165) is 17.7 Å². The third kappa shape index (κ3) is 4.67. The SMILES string of the molecule is CC(C)(C)C1=CC2=CCC3=C(c4ccc(-c5ccccn5)cc4)C=C(c4ccc5c(c4)c4ccccc4n5-c4ccccc4)C4(C)C=CC(=C1)C2C34. The molecule has 0 spiro atoms. The van der Waals surface area contributed by atoms with Crippen molar-refractivity contribution >= 4 is 33.0 Å². The van der Waals surface area contributed by atoms with Gasteiger partial charge in [-0.3, -0.25) is 4.98 Å². The van der Waals surface area contributed by atoms with Crippen molar-refractivity contribution in [2.75, 3.05) is 0 Å². The van der Waals surface area contributed by atoms with Crippen LogP contribution in [-0.4, -0.2) is 9.55 Å². The zero-order valence-electron chi connectivity index (χ0n) is 30.3. The molecule has 3 unspecified atom stereocenters. The minimum absolute atomic E-state index is 0.0933. The van der Waals surface area contributed by atoms with Crippen LogP contribution in [0.5, 0.6) is 0 Å². The number of para-hydroxylation sites is 2. The first kappa shape index (κ1) is 31.0. The van der Waals surface area contributed by atoms with Crippen molar-refractivity contribution in [2.24, 2.45) is 22.7 Å². The third-order valence-corrected chi connectivity index (χ3v) is 12.1. The van der Waals surface area contributed by atoms with Gasteiger partial charge in [0.25, 0.3) is 0 Å². The summed E-state index contributed by atoms with van der Waals surface area (Å²) in [4.78, 5) is 4.63. The van der Waals surface area contributed by atoms with E-state index in [1.165, 1.54) is 66.5 Å². The summed E-state index contributed by atoms with van der Waals surface area (Å²) < 4.78 is 2.41. The van der Waals surface area contributed by atoms with Crippen LogP contribution < -0.4 is 0 Å². The van der Waals surface area contributed by atoms with E-state index in [1.54, 1.807) is 5.57 Å². The Bertz CT molecular complexity index is 2610. The zero-order chi connectivity index (χ0) is 35.2. The Morgan fingerprint density at radius 1 is 0.692 bits per heavy atom. The molecule has 252 valence electrons. The summed E-state index contributed by atoms with van der Waals surface area (Å²) in [6, 6.07) is 42.0. The standard InChI is InChI=1S/C50H42N2/c1-49(2,3)37-28-35-21-23-40-41(32-17-19-33(20-18-32)44-15-10-11-27-51-44)31-43(50(4)26-25-36(29-37)47(35)48(40)50)34-22-24-46-42(30-34)39-14-8-9-16-45(39)52(46)38-12-6-5-7-13-38/h5-22,24-31,47-48H,23H2,1-4H3. The van der Waals surface area contributed by atoms with E-state index in [0.29, 0.717) is 11.8 Å². The molecule has 0 aliphatic heterocycles. The monoisotopic (exact) mass is 670 g/mol. The summed E-state index contributed by atoms with van der Waals surface area (Å²) in [6.45, 7) is 9.50. The maximum absolute atomic E-state index is 4.63. The van der Waals surface area contributed by atoms with Gasteiger partial charge in [-0.25, -0.2) is 0 Å². The number of aromatic nitrogens is 2. The second kappa shape index (κ2) is 11.4. The largest absolute Gasteiger partial charge is 0.309 e. The second-order valence-corrected chi connectivity index (χ2v) is 16.2. The number of allylic oxidation sites excluding steroid dienone is 12. The lowest BCUT2D eigenvalue weighted by Gasteiger charge is -2.53. The molecule has 2 aromatic heterocycles. The fourth-order valence-corrected chi connectivity index (χ4v) is 9.51. The first-order chi connectivity index (χ1) is 25.3. The summed E-state index contributed by atoms with van der Waals surface area (Å²) in [5.74, 6) is 0.661. The Hall–Kier alpha value is -5.73. The minimum Gasteiger partial charge on any atom is -0.309 e. The van der Waals surface area contributed by atoms with Gasteiger partial charge in [-0.05, 0) is 99.4 Å². The molecule has 2 nitrogen and oxygen atoms in total. The van der Waals surface area contributed by atoms with Crippen molar-refractivity contribution in [1.29, 1.82) is 0 Å². The van der Waals surface area contributed by atoms with Crippen LogP contribution in [0.4, 0.5) is 0 Å². The topological polar surface area (TPSA) is 17.8 Å². The third-order valence-electron chi connectivity index (χ3n) is 12.1. The minimum atomic E-state index is -0.174. The van der Waals surface area contributed by atoms with Crippen molar-refractivity contribution in [2.45, 2.75) is 34.1 Å². The van der Waals surface area contributed by atoms with E-state index >= 15 is 0 Å². The van der Waals surface area contributed by atoms with Gasteiger partial charge in [-0.15, -0.1) is 0 Å². The van der Waals surface area contributed by atoms with Crippen molar-refractivity contribution in [1.82, 2.24) is 9.55 Å². The summed E-state index contributed by atoms with van der Waals surface area (Å²) in [5, 5.41) is 2.57. The van der Waals surface area contributed by atoms with Crippen LogP contribution in [0.1, 0.15) is 45.2 Å². The highest BCUT2D eigenvalue weighted by molar-refractivity contribution is 6.10. The summed E-state index contributed by atoms with van der Waals surface area (Å²) in [7, 11) is 0. The van der Waals surface area contributed by atoms with Gasteiger partial charge >= 0.3 is 0 Å². The maximum Gasteiger partial charge on any atom is 0.0701 e. The molecule has 2 heteroatoms. The van der Waals surface area contributed by atoms with Gasteiger partial charge in [0.1, 0.15) is 0 Å². The van der Waals surface area contributed by atoms with Crippen molar-refractivity contribution in [3.8, 4) is 16.9 Å². The van der Waals surface area contributed by atoms with Crippen molar-refractivity contribution < 1.29 is 0 Å². The molecule has 0 radical (unpaired) electrons. The molecule has 4 aliphatic rings. The van der Waals surface area contributed by atoms with Crippen LogP contribution in [0.3, 0.4) is 0 Å². The van der Waals surface area contributed by atoms with E-state index < -0.39 is 0 Å². The average molecular weight is 671 g/mol. The van der Waals surface area contributed by atoms with Crippen LogP contribution in [0, 0.1) is 22.7 Å². The molecule has 10 rings (SSSR count). The van der Waals surface area contributed by atoms with Gasteiger partial charge in [0.05, 0.1) is 16.7 Å². The Morgan fingerprint density at radius 2 is 1.42 bits per heavy atom. The number of hydrogen-bond donors (Lipinski definition) is 0. The Kier molecular flexibility index (Phi) is 6.80. The molecule has 6 aromatic rings. The van der Waals surface area contributed by atoms with Gasteiger partial charge in [0.15, 0.2) is 0 Å². The molecule has 0 amide bonds. The van der Waals surface area contributed by atoms with Gasteiger partial charge in [0.2, 0.25) is 0 Å². The van der Waals surface area contributed by atoms with Crippen LogP contribution >= 0.6 is 0 Å². The first-order valence-corrected chi connectivity index (χ1v) is 18.7. The average Bonchev–Trinajstić information content (AvgIpc) is 3.51. The molecule has 0 fully saturated rings. The Morgan fingerprint density at radius 3 is 2.21 bits per heavy atom. The van der Waals surface area contributed by atoms with Crippen LogP contribution in [0.25, 0.3) is 49.9 Å². The highest BCUT2D eigenvalue weighted by atomic mass is 15.0. The molecule has 52 heavy (non-hydrogen) atoms. The second-order valence-electron chi connectivity index (χ2n) is 16.2. The molecular weight excluding hydrogens is 629 g/mol. The predicted molar refractivity (Wildman–Crippen MR) is 218 cm³/mol. The maximum atomic E-state index is 4.63. The quantitative estimate of drug-likeness (QED) is 0.183. The van der Waals surface area contributed by atoms with Gasteiger partial charge < -0.3 is 4.57 Å². The summed E-state index contributed by atoms with van der Waals surface area (Å²) >= 11 is 0. The number of rotatable bonds is 4. The van der Waals surface area contributed by atoms with Crippen LogP contribution in [0.2, 0.25) is 0 Å². The normalized spacial score (nSPS) is 22.2. The fraction of sp³-hybridized carbons (Fsp3) is 0.180. The lowest BCUT2D eigenvalue weighted by atomic mass is 9.50. The molecule has 4 aromatic carbocycles. The molecule has 0 bridgehead atoms. The smallest absolute Gasteiger partial charge is 0.0701 e. The first-order valence-electron chi connectivity index (χ1n) is 18.7. The van der Waals surface area contributed by atoms with Gasteiger partial charge in [-0.1, -0.05) is 136 Å². The number of nitrogens with zero attached hydrogens (tertiary/aromatic N) is 2. The number of pyridine rings is 1. The number of hydrogen-bond acceptors (Lipinski definition) is 1. The Labute approximate surface area is 306 Å². The molecule has 2 heterocycles.